The maximum Gasteiger partial charge on any atom is 0.191 e. The van der Waals surface area contributed by atoms with E-state index in [4.69, 9.17) is 4.74 Å². The van der Waals surface area contributed by atoms with Crippen molar-refractivity contribution >= 4 is 11.8 Å². The summed E-state index contributed by atoms with van der Waals surface area (Å²) in [6, 6.07) is 16.9. The molecule has 0 fully saturated rings. The molecule has 3 rings (SSSR count). The SMILES string of the molecule is Cc1ccc(CSc2nnc(C(C)Oc3ccc(C(C)C)cc3)n2C)cc1. The van der Waals surface area contributed by atoms with E-state index in [1.54, 1.807) is 11.8 Å². The predicted octanol–water partition coefficient (Wildman–Crippen LogP) is 5.68. The van der Waals surface area contributed by atoms with Crippen LogP contribution in [0.2, 0.25) is 0 Å². The van der Waals surface area contributed by atoms with Crippen molar-refractivity contribution in [2.45, 2.75) is 50.6 Å². The molecule has 0 aliphatic heterocycles. The largest absolute Gasteiger partial charge is 0.483 e. The summed E-state index contributed by atoms with van der Waals surface area (Å²) >= 11 is 1.69. The first-order chi connectivity index (χ1) is 12.9. The van der Waals surface area contributed by atoms with E-state index in [1.807, 2.05) is 30.7 Å². The van der Waals surface area contributed by atoms with Crippen LogP contribution >= 0.6 is 11.8 Å². The summed E-state index contributed by atoms with van der Waals surface area (Å²) in [7, 11) is 1.99. The maximum absolute atomic E-state index is 6.07. The number of ether oxygens (including phenoxy) is 1. The van der Waals surface area contributed by atoms with Gasteiger partial charge in [0.15, 0.2) is 17.1 Å². The monoisotopic (exact) mass is 381 g/mol. The molecule has 142 valence electrons. The van der Waals surface area contributed by atoms with E-state index in [0.29, 0.717) is 5.92 Å². The van der Waals surface area contributed by atoms with Gasteiger partial charge in [-0.1, -0.05) is 67.6 Å². The summed E-state index contributed by atoms with van der Waals surface area (Å²) in [6.45, 7) is 8.49. The fraction of sp³-hybridized carbons (Fsp3) is 0.364. The Morgan fingerprint density at radius 3 is 2.26 bits per heavy atom. The molecule has 0 aliphatic rings. The van der Waals surface area contributed by atoms with Crippen molar-refractivity contribution in [3.05, 3.63) is 71.0 Å². The molecule has 0 spiro atoms. The second kappa shape index (κ2) is 8.61. The number of hydrogen-bond donors (Lipinski definition) is 0. The van der Waals surface area contributed by atoms with Gasteiger partial charge >= 0.3 is 0 Å². The Morgan fingerprint density at radius 1 is 0.963 bits per heavy atom. The fourth-order valence-corrected chi connectivity index (χ4v) is 3.70. The summed E-state index contributed by atoms with van der Waals surface area (Å²) in [5.41, 5.74) is 3.87. The number of nitrogens with zero attached hydrogens (tertiary/aromatic N) is 3. The number of benzene rings is 2. The Balaban J connectivity index is 1.63. The second-order valence-corrected chi connectivity index (χ2v) is 8.10. The minimum Gasteiger partial charge on any atom is -0.483 e. The van der Waals surface area contributed by atoms with Crippen molar-refractivity contribution < 1.29 is 4.74 Å². The van der Waals surface area contributed by atoms with Crippen molar-refractivity contribution in [1.29, 1.82) is 0 Å². The Morgan fingerprint density at radius 2 is 1.63 bits per heavy atom. The molecule has 3 aromatic rings. The number of hydrogen-bond acceptors (Lipinski definition) is 4. The molecule has 1 aromatic heterocycles. The van der Waals surface area contributed by atoms with Crippen LogP contribution in [-0.4, -0.2) is 14.8 Å². The van der Waals surface area contributed by atoms with E-state index in [-0.39, 0.29) is 6.10 Å². The van der Waals surface area contributed by atoms with E-state index in [1.165, 1.54) is 16.7 Å². The molecule has 27 heavy (non-hydrogen) atoms. The molecule has 0 saturated heterocycles. The third kappa shape index (κ3) is 4.92. The number of thioether (sulfide) groups is 1. The van der Waals surface area contributed by atoms with Gasteiger partial charge in [0, 0.05) is 12.8 Å². The summed E-state index contributed by atoms with van der Waals surface area (Å²) in [4.78, 5) is 0. The van der Waals surface area contributed by atoms with Gasteiger partial charge < -0.3 is 9.30 Å². The molecule has 0 radical (unpaired) electrons. The lowest BCUT2D eigenvalue weighted by molar-refractivity contribution is 0.211. The Bertz CT molecular complexity index is 870. The molecular weight excluding hydrogens is 354 g/mol. The van der Waals surface area contributed by atoms with Crippen molar-refractivity contribution in [2.75, 3.05) is 0 Å². The fourth-order valence-electron chi connectivity index (χ4n) is 2.83. The molecule has 2 aromatic carbocycles. The van der Waals surface area contributed by atoms with Crippen LogP contribution in [0.3, 0.4) is 0 Å². The summed E-state index contributed by atoms with van der Waals surface area (Å²) in [5.74, 6) is 3.07. The predicted molar refractivity (Wildman–Crippen MR) is 111 cm³/mol. The van der Waals surface area contributed by atoms with E-state index >= 15 is 0 Å². The first-order valence-electron chi connectivity index (χ1n) is 9.28. The van der Waals surface area contributed by atoms with Gasteiger partial charge in [0.2, 0.25) is 0 Å². The third-order valence-electron chi connectivity index (χ3n) is 4.58. The van der Waals surface area contributed by atoms with Gasteiger partial charge in [-0.15, -0.1) is 10.2 Å². The van der Waals surface area contributed by atoms with Crippen molar-refractivity contribution in [3.63, 3.8) is 0 Å². The molecule has 4 nitrogen and oxygen atoms in total. The average Bonchev–Trinajstić information content (AvgIpc) is 3.02. The smallest absolute Gasteiger partial charge is 0.191 e. The van der Waals surface area contributed by atoms with Crippen molar-refractivity contribution in [2.24, 2.45) is 7.05 Å². The zero-order valence-electron chi connectivity index (χ0n) is 16.6. The lowest BCUT2D eigenvalue weighted by Gasteiger charge is -2.15. The molecule has 0 N–H and O–H groups in total. The van der Waals surface area contributed by atoms with Crippen LogP contribution < -0.4 is 4.74 Å². The minimum absolute atomic E-state index is 0.166. The molecule has 0 bridgehead atoms. The number of rotatable bonds is 7. The normalized spacial score (nSPS) is 12.4. The molecule has 0 amide bonds. The van der Waals surface area contributed by atoms with Crippen LogP contribution in [0.5, 0.6) is 5.75 Å². The van der Waals surface area contributed by atoms with Gasteiger partial charge in [-0.25, -0.2) is 0 Å². The molecular formula is C22H27N3OS. The zero-order valence-corrected chi connectivity index (χ0v) is 17.5. The number of aromatic nitrogens is 3. The Hall–Kier alpha value is -2.27. The quantitative estimate of drug-likeness (QED) is 0.494. The molecule has 1 heterocycles. The topological polar surface area (TPSA) is 39.9 Å². The van der Waals surface area contributed by atoms with E-state index in [9.17, 15) is 0 Å². The van der Waals surface area contributed by atoms with Crippen molar-refractivity contribution in [1.82, 2.24) is 14.8 Å². The molecule has 1 unspecified atom stereocenters. The van der Waals surface area contributed by atoms with Gasteiger partial charge in [0.25, 0.3) is 0 Å². The highest BCUT2D eigenvalue weighted by atomic mass is 32.2. The second-order valence-electron chi connectivity index (χ2n) is 7.16. The summed E-state index contributed by atoms with van der Waals surface area (Å²) in [5, 5.41) is 9.59. The van der Waals surface area contributed by atoms with Crippen molar-refractivity contribution in [3.8, 4) is 5.75 Å². The van der Waals surface area contributed by atoms with Gasteiger partial charge in [-0.05, 0) is 43.0 Å². The van der Waals surface area contributed by atoms with Crippen LogP contribution in [0.15, 0.2) is 53.7 Å². The molecule has 5 heteroatoms. The average molecular weight is 382 g/mol. The molecule has 0 aliphatic carbocycles. The minimum atomic E-state index is -0.166. The van der Waals surface area contributed by atoms with Gasteiger partial charge in [0.05, 0.1) is 0 Å². The van der Waals surface area contributed by atoms with Crippen LogP contribution in [0.4, 0.5) is 0 Å². The molecule has 1 atom stereocenters. The Labute approximate surface area is 166 Å². The summed E-state index contributed by atoms with van der Waals surface area (Å²) < 4.78 is 8.09. The van der Waals surface area contributed by atoms with Crippen LogP contribution in [0, 0.1) is 6.92 Å². The maximum atomic E-state index is 6.07. The highest BCUT2D eigenvalue weighted by molar-refractivity contribution is 7.98. The van der Waals surface area contributed by atoms with E-state index < -0.39 is 0 Å². The lowest BCUT2D eigenvalue weighted by atomic mass is 10.0. The third-order valence-corrected chi connectivity index (χ3v) is 5.67. The van der Waals surface area contributed by atoms with E-state index in [2.05, 4.69) is 67.4 Å². The van der Waals surface area contributed by atoms with Gasteiger partial charge in [0.1, 0.15) is 5.75 Å². The van der Waals surface area contributed by atoms with E-state index in [0.717, 1.165) is 22.5 Å². The Kier molecular flexibility index (Phi) is 6.22. The van der Waals surface area contributed by atoms with Crippen LogP contribution in [0.1, 0.15) is 55.3 Å². The zero-order chi connectivity index (χ0) is 19.4. The first-order valence-corrected chi connectivity index (χ1v) is 10.3. The highest BCUT2D eigenvalue weighted by Crippen LogP contribution is 2.26. The van der Waals surface area contributed by atoms with Gasteiger partial charge in [-0.2, -0.15) is 0 Å². The van der Waals surface area contributed by atoms with Crippen LogP contribution in [0.25, 0.3) is 0 Å². The summed E-state index contributed by atoms with van der Waals surface area (Å²) in [6.07, 6.45) is -0.166. The van der Waals surface area contributed by atoms with Gasteiger partial charge in [-0.3, -0.25) is 0 Å². The molecule has 0 saturated carbocycles. The number of aryl methyl sites for hydroxylation is 1. The highest BCUT2D eigenvalue weighted by Gasteiger charge is 2.17. The first kappa shape index (κ1) is 19.5. The van der Waals surface area contributed by atoms with Crippen LogP contribution in [-0.2, 0) is 12.8 Å². The standard InChI is InChI=1S/C22H27N3OS/c1-15(2)19-10-12-20(13-11-19)26-17(4)21-23-24-22(25(21)5)27-14-18-8-6-16(3)7-9-18/h6-13,15,17H,14H2,1-5H3. The lowest BCUT2D eigenvalue weighted by Crippen LogP contribution is -2.10.